The third-order valence-electron chi connectivity index (χ3n) is 6.06. The van der Waals surface area contributed by atoms with Crippen molar-refractivity contribution in [3.05, 3.63) is 54.9 Å². The first-order valence-electron chi connectivity index (χ1n) is 10.7. The molecular weight excluding hydrogens is 406 g/mol. The van der Waals surface area contributed by atoms with Gasteiger partial charge >= 0.3 is 0 Å². The van der Waals surface area contributed by atoms with Crippen LogP contribution in [-0.2, 0) is 0 Å². The van der Waals surface area contributed by atoms with Crippen LogP contribution in [0.25, 0.3) is 33.6 Å². The predicted octanol–water partition coefficient (Wildman–Crippen LogP) is 4.54. The number of hydrogen-bond acceptors (Lipinski definition) is 7. The van der Waals surface area contributed by atoms with E-state index in [4.69, 9.17) is 13.9 Å². The van der Waals surface area contributed by atoms with E-state index in [1.54, 1.807) is 14.2 Å². The van der Waals surface area contributed by atoms with E-state index in [1.807, 2.05) is 48.5 Å². The topological polar surface area (TPSA) is 80.9 Å². The average molecular weight is 431 g/mol. The number of rotatable bonds is 6. The minimum absolute atomic E-state index is 0.0381. The molecule has 0 amide bonds. The van der Waals surface area contributed by atoms with Crippen molar-refractivity contribution in [2.45, 2.75) is 18.9 Å². The van der Waals surface area contributed by atoms with Crippen molar-refractivity contribution in [2.24, 2.45) is 0 Å². The highest BCUT2D eigenvalue weighted by Gasteiger charge is 2.30. The number of aliphatic hydroxyl groups is 1. The average Bonchev–Trinajstić information content (AvgIpc) is 3.49. The standard InChI is InChI=1S/C25H25N3O4/c1-30-19-9-5-16(6-10-19)21-22-24(28-13-3-4-18(28)14-29)26-15-27-25(22)32-23(21)17-7-11-20(31-2)12-8-17/h5-12,15,18,29H,3-4,13-14H2,1-2H3/t18-/m1/s1. The highest BCUT2D eigenvalue weighted by molar-refractivity contribution is 6.06. The van der Waals surface area contributed by atoms with E-state index in [0.717, 1.165) is 58.8 Å². The first-order valence-corrected chi connectivity index (χ1v) is 10.7. The second-order valence-corrected chi connectivity index (χ2v) is 7.81. The van der Waals surface area contributed by atoms with Crippen LogP contribution in [0.1, 0.15) is 12.8 Å². The van der Waals surface area contributed by atoms with Crippen LogP contribution in [0.4, 0.5) is 5.82 Å². The van der Waals surface area contributed by atoms with Crippen molar-refractivity contribution < 1.29 is 19.0 Å². The highest BCUT2D eigenvalue weighted by atomic mass is 16.5. The number of fused-ring (bicyclic) bond motifs is 1. The van der Waals surface area contributed by atoms with Gasteiger partial charge in [-0.25, -0.2) is 9.97 Å². The van der Waals surface area contributed by atoms with Gasteiger partial charge in [-0.15, -0.1) is 0 Å². The van der Waals surface area contributed by atoms with E-state index in [0.29, 0.717) is 11.5 Å². The van der Waals surface area contributed by atoms with Crippen molar-refractivity contribution in [1.29, 1.82) is 0 Å². The molecular formula is C25H25N3O4. The van der Waals surface area contributed by atoms with E-state index < -0.39 is 0 Å². The maximum Gasteiger partial charge on any atom is 0.232 e. The zero-order valence-electron chi connectivity index (χ0n) is 18.1. The minimum atomic E-state index is 0.0381. The van der Waals surface area contributed by atoms with Crippen molar-refractivity contribution in [3.63, 3.8) is 0 Å². The summed E-state index contributed by atoms with van der Waals surface area (Å²) >= 11 is 0. The van der Waals surface area contributed by atoms with Gasteiger partial charge in [-0.3, -0.25) is 0 Å². The zero-order valence-corrected chi connectivity index (χ0v) is 18.1. The fraction of sp³-hybridized carbons (Fsp3) is 0.280. The number of hydrogen-bond donors (Lipinski definition) is 1. The van der Waals surface area contributed by atoms with Gasteiger partial charge in [0.15, 0.2) is 0 Å². The Morgan fingerprint density at radius 2 is 1.62 bits per heavy atom. The van der Waals surface area contributed by atoms with Crippen LogP contribution in [-0.4, -0.2) is 48.5 Å². The number of benzene rings is 2. The van der Waals surface area contributed by atoms with Crippen LogP contribution < -0.4 is 14.4 Å². The van der Waals surface area contributed by atoms with Gasteiger partial charge in [0, 0.05) is 17.7 Å². The van der Waals surface area contributed by atoms with Crippen molar-refractivity contribution in [3.8, 4) is 33.9 Å². The first kappa shape index (κ1) is 20.3. The Bertz CT molecular complexity index is 1220. The number of furan rings is 1. The fourth-order valence-electron chi connectivity index (χ4n) is 4.42. The van der Waals surface area contributed by atoms with Gasteiger partial charge in [-0.1, -0.05) is 12.1 Å². The normalized spacial score (nSPS) is 16.0. The molecule has 0 radical (unpaired) electrons. The van der Waals surface area contributed by atoms with Gasteiger partial charge in [-0.05, 0) is 54.8 Å². The molecule has 32 heavy (non-hydrogen) atoms. The lowest BCUT2D eigenvalue weighted by Gasteiger charge is -2.24. The number of anilines is 1. The molecule has 4 aromatic rings. The number of methoxy groups -OCH3 is 2. The third kappa shape index (κ3) is 3.44. The molecule has 1 atom stereocenters. The Hall–Kier alpha value is -3.58. The molecule has 3 heterocycles. The zero-order chi connectivity index (χ0) is 22.1. The Morgan fingerprint density at radius 1 is 0.969 bits per heavy atom. The number of nitrogens with zero attached hydrogens (tertiary/aromatic N) is 3. The van der Waals surface area contributed by atoms with Crippen molar-refractivity contribution in [1.82, 2.24) is 9.97 Å². The van der Waals surface area contributed by atoms with E-state index in [1.165, 1.54) is 6.33 Å². The number of ether oxygens (including phenoxy) is 2. The largest absolute Gasteiger partial charge is 0.497 e. The van der Waals surface area contributed by atoms with Crippen LogP contribution in [0, 0.1) is 0 Å². The molecule has 0 saturated carbocycles. The molecule has 164 valence electrons. The van der Waals surface area contributed by atoms with Gasteiger partial charge in [0.05, 0.1) is 32.3 Å². The molecule has 5 rings (SSSR count). The Morgan fingerprint density at radius 3 is 2.25 bits per heavy atom. The Labute approximate surface area is 186 Å². The smallest absolute Gasteiger partial charge is 0.232 e. The summed E-state index contributed by atoms with van der Waals surface area (Å²) in [5.41, 5.74) is 3.34. The molecule has 2 aromatic heterocycles. The van der Waals surface area contributed by atoms with Crippen molar-refractivity contribution in [2.75, 3.05) is 32.3 Å². The lowest BCUT2D eigenvalue weighted by molar-refractivity contribution is 0.266. The summed E-state index contributed by atoms with van der Waals surface area (Å²) in [6, 6.07) is 15.7. The van der Waals surface area contributed by atoms with Crippen LogP contribution in [0.5, 0.6) is 11.5 Å². The molecule has 2 aromatic carbocycles. The molecule has 1 saturated heterocycles. The highest BCUT2D eigenvalue weighted by Crippen LogP contribution is 2.44. The number of aliphatic hydroxyl groups excluding tert-OH is 1. The predicted molar refractivity (Wildman–Crippen MR) is 123 cm³/mol. The van der Waals surface area contributed by atoms with Gasteiger partial charge in [-0.2, -0.15) is 0 Å². The van der Waals surface area contributed by atoms with E-state index in [9.17, 15) is 5.11 Å². The van der Waals surface area contributed by atoms with Crippen LogP contribution in [0.2, 0.25) is 0 Å². The minimum Gasteiger partial charge on any atom is -0.497 e. The second-order valence-electron chi connectivity index (χ2n) is 7.81. The lowest BCUT2D eigenvalue weighted by atomic mass is 9.99. The maximum absolute atomic E-state index is 9.91. The summed E-state index contributed by atoms with van der Waals surface area (Å²) in [5.74, 6) is 3.07. The molecule has 1 N–H and O–H groups in total. The Kier molecular flexibility index (Phi) is 5.41. The molecule has 1 aliphatic rings. The SMILES string of the molecule is COc1ccc(-c2oc3ncnc(N4CCC[C@@H]4CO)c3c2-c2ccc(OC)cc2)cc1. The van der Waals surface area contributed by atoms with Gasteiger partial charge in [0.2, 0.25) is 5.71 Å². The molecule has 1 fully saturated rings. The molecule has 7 nitrogen and oxygen atoms in total. The molecule has 0 bridgehead atoms. The molecule has 0 aliphatic carbocycles. The van der Waals surface area contributed by atoms with Crippen LogP contribution in [0.15, 0.2) is 59.3 Å². The van der Waals surface area contributed by atoms with E-state index in [2.05, 4.69) is 14.9 Å². The fourth-order valence-corrected chi connectivity index (χ4v) is 4.42. The molecule has 0 unspecified atom stereocenters. The van der Waals surface area contributed by atoms with Gasteiger partial charge in [0.1, 0.15) is 29.4 Å². The van der Waals surface area contributed by atoms with Crippen LogP contribution in [0.3, 0.4) is 0 Å². The van der Waals surface area contributed by atoms with E-state index in [-0.39, 0.29) is 12.6 Å². The van der Waals surface area contributed by atoms with Gasteiger partial charge in [0.25, 0.3) is 0 Å². The quantitative estimate of drug-likeness (QED) is 0.480. The number of aromatic nitrogens is 2. The lowest BCUT2D eigenvalue weighted by Crippen LogP contribution is -2.32. The summed E-state index contributed by atoms with van der Waals surface area (Å²) in [4.78, 5) is 11.3. The summed E-state index contributed by atoms with van der Waals surface area (Å²) < 4.78 is 17.0. The Balaban J connectivity index is 1.76. The summed E-state index contributed by atoms with van der Waals surface area (Å²) in [5, 5.41) is 10.8. The first-order chi connectivity index (χ1) is 15.7. The second kappa shape index (κ2) is 8.51. The molecule has 0 spiro atoms. The van der Waals surface area contributed by atoms with Gasteiger partial charge < -0.3 is 23.9 Å². The molecule has 1 aliphatic heterocycles. The summed E-state index contributed by atoms with van der Waals surface area (Å²) in [7, 11) is 3.30. The molecule has 7 heteroatoms. The van der Waals surface area contributed by atoms with Crippen LogP contribution >= 0.6 is 0 Å². The monoisotopic (exact) mass is 431 g/mol. The third-order valence-corrected chi connectivity index (χ3v) is 6.06. The van der Waals surface area contributed by atoms with E-state index >= 15 is 0 Å². The maximum atomic E-state index is 9.91. The summed E-state index contributed by atoms with van der Waals surface area (Å²) in [6.45, 7) is 0.926. The summed E-state index contributed by atoms with van der Waals surface area (Å²) in [6.07, 6.45) is 3.48. The van der Waals surface area contributed by atoms with Crippen molar-refractivity contribution >= 4 is 16.9 Å².